The number of carbonyl (C=O) groups excluding carboxylic acids is 1. The number of fused-ring (bicyclic) bond motifs is 1. The zero-order valence-electron chi connectivity index (χ0n) is 16.0. The van der Waals surface area contributed by atoms with Crippen LogP contribution in [0.15, 0.2) is 48.5 Å². The van der Waals surface area contributed by atoms with Gasteiger partial charge in [-0.05, 0) is 42.3 Å². The molecule has 3 aromatic rings. The lowest BCUT2D eigenvalue weighted by atomic mass is 10.0. The first kappa shape index (κ1) is 20.4. The van der Waals surface area contributed by atoms with Gasteiger partial charge in [-0.1, -0.05) is 48.3 Å². The predicted octanol–water partition coefficient (Wildman–Crippen LogP) is 5.52. The second-order valence-electron chi connectivity index (χ2n) is 6.79. The summed E-state index contributed by atoms with van der Waals surface area (Å²) in [5.41, 5.74) is 1.80. The second kappa shape index (κ2) is 8.45. The molecular formula is C21H18Cl2FN5O. The molecule has 0 fully saturated rings. The van der Waals surface area contributed by atoms with Crippen LogP contribution in [0.4, 0.5) is 16.3 Å². The highest BCUT2D eigenvalue weighted by molar-refractivity contribution is 6.31. The van der Waals surface area contributed by atoms with Gasteiger partial charge in [0.1, 0.15) is 11.9 Å². The van der Waals surface area contributed by atoms with Crippen molar-refractivity contribution >= 4 is 46.7 Å². The molecule has 0 saturated heterocycles. The molecule has 0 radical (unpaired) electrons. The van der Waals surface area contributed by atoms with Crippen molar-refractivity contribution in [3.63, 3.8) is 0 Å². The van der Waals surface area contributed by atoms with Gasteiger partial charge in [-0.3, -0.25) is 10.1 Å². The molecule has 0 unspecified atom stereocenters. The van der Waals surface area contributed by atoms with Gasteiger partial charge in [-0.25, -0.2) is 9.07 Å². The molecule has 1 aromatic heterocycles. The Morgan fingerprint density at radius 3 is 2.70 bits per heavy atom. The van der Waals surface area contributed by atoms with E-state index in [1.54, 1.807) is 24.3 Å². The third-order valence-corrected chi connectivity index (χ3v) is 5.23. The van der Waals surface area contributed by atoms with Crippen LogP contribution in [0.1, 0.15) is 36.9 Å². The number of hydrogen-bond donors (Lipinski definition) is 2. The largest absolute Gasteiger partial charge is 0.324 e. The summed E-state index contributed by atoms with van der Waals surface area (Å²) >= 11 is 12.3. The minimum absolute atomic E-state index is 0.138. The average Bonchev–Trinajstić information content (AvgIpc) is 3.10. The summed E-state index contributed by atoms with van der Waals surface area (Å²) in [7, 11) is 0. The lowest BCUT2D eigenvalue weighted by Crippen LogP contribution is -2.21. The summed E-state index contributed by atoms with van der Waals surface area (Å²) in [5.74, 6) is -0.149. The van der Waals surface area contributed by atoms with Crippen LogP contribution in [0.2, 0.25) is 10.0 Å². The Kier molecular flexibility index (Phi) is 5.74. The quantitative estimate of drug-likeness (QED) is 0.542. The molecule has 1 amide bonds. The van der Waals surface area contributed by atoms with Crippen molar-refractivity contribution in [3.05, 3.63) is 75.5 Å². The zero-order valence-corrected chi connectivity index (χ0v) is 17.5. The van der Waals surface area contributed by atoms with Crippen LogP contribution in [0.5, 0.6) is 0 Å². The smallest absolute Gasteiger partial charge is 0.250 e. The number of carbonyl (C=O) groups is 1. The van der Waals surface area contributed by atoms with Crippen LogP contribution in [-0.4, -0.2) is 20.7 Å². The summed E-state index contributed by atoms with van der Waals surface area (Å²) in [6.45, 7) is 1.91. The first-order valence-corrected chi connectivity index (χ1v) is 10.2. The Morgan fingerprint density at radius 1 is 1.23 bits per heavy atom. The van der Waals surface area contributed by atoms with E-state index >= 15 is 0 Å². The second-order valence-corrected chi connectivity index (χ2v) is 7.64. The topological polar surface area (TPSA) is 71.8 Å². The lowest BCUT2D eigenvalue weighted by Gasteiger charge is -2.25. The molecule has 9 heteroatoms. The molecule has 0 bridgehead atoms. The van der Waals surface area contributed by atoms with E-state index in [9.17, 15) is 9.18 Å². The number of allylic oxidation sites excluding steroid dienone is 1. The number of rotatable bonds is 5. The summed E-state index contributed by atoms with van der Waals surface area (Å²) in [5, 5.41) is 11.1. The highest BCUT2D eigenvalue weighted by atomic mass is 35.5. The van der Waals surface area contributed by atoms with Gasteiger partial charge in [-0.2, -0.15) is 4.98 Å². The van der Waals surface area contributed by atoms with Gasteiger partial charge in [0.2, 0.25) is 11.9 Å². The monoisotopic (exact) mass is 445 g/mol. The first-order chi connectivity index (χ1) is 14.5. The van der Waals surface area contributed by atoms with Crippen molar-refractivity contribution in [2.24, 2.45) is 0 Å². The maximum Gasteiger partial charge on any atom is 0.250 e. The predicted molar refractivity (Wildman–Crippen MR) is 116 cm³/mol. The Balaban J connectivity index is 1.80. The fourth-order valence-corrected chi connectivity index (χ4v) is 3.66. The van der Waals surface area contributed by atoms with E-state index in [4.69, 9.17) is 23.2 Å². The number of halogens is 3. The summed E-state index contributed by atoms with van der Waals surface area (Å²) in [6, 6.07) is 11.1. The minimum Gasteiger partial charge on any atom is -0.324 e. The van der Waals surface area contributed by atoms with Gasteiger partial charge in [0.25, 0.3) is 5.95 Å². The fourth-order valence-electron chi connectivity index (χ4n) is 3.26. The van der Waals surface area contributed by atoms with Crippen LogP contribution in [0.3, 0.4) is 0 Å². The molecule has 4 rings (SSSR count). The molecule has 0 spiro atoms. The van der Waals surface area contributed by atoms with Crippen molar-refractivity contribution in [1.29, 1.82) is 0 Å². The Labute approximate surface area is 182 Å². The molecule has 2 N–H and O–H groups in total. The van der Waals surface area contributed by atoms with Crippen molar-refractivity contribution < 1.29 is 9.18 Å². The minimum atomic E-state index is -0.662. The maximum absolute atomic E-state index is 14.7. The molecule has 1 atom stereocenters. The molecule has 154 valence electrons. The van der Waals surface area contributed by atoms with E-state index in [2.05, 4.69) is 20.7 Å². The molecule has 1 aliphatic heterocycles. The van der Waals surface area contributed by atoms with Crippen molar-refractivity contribution in [2.75, 3.05) is 10.6 Å². The molecule has 0 aliphatic carbocycles. The zero-order chi connectivity index (χ0) is 21.3. The van der Waals surface area contributed by atoms with Crippen LogP contribution >= 0.6 is 23.2 Å². The number of amides is 1. The molecule has 0 saturated carbocycles. The molecular weight excluding hydrogens is 428 g/mol. The van der Waals surface area contributed by atoms with Gasteiger partial charge in [0.15, 0.2) is 0 Å². The van der Waals surface area contributed by atoms with E-state index < -0.39 is 11.9 Å². The summed E-state index contributed by atoms with van der Waals surface area (Å²) in [6.07, 6.45) is 2.87. The van der Waals surface area contributed by atoms with E-state index in [0.29, 0.717) is 29.5 Å². The van der Waals surface area contributed by atoms with Crippen LogP contribution in [-0.2, 0) is 4.79 Å². The number of nitrogens with one attached hydrogen (secondary N) is 2. The van der Waals surface area contributed by atoms with E-state index in [0.717, 1.165) is 5.56 Å². The molecule has 30 heavy (non-hydrogen) atoms. The number of hydrogen-bond acceptors (Lipinski definition) is 4. The highest BCUT2D eigenvalue weighted by Gasteiger charge is 2.29. The standard InChI is InChI=1S/C21H18Cl2FN5O/c1-2-4-18(30)26-20-27-21-25-16(12-7-9-13(22)10-8-12)11-17(29(21)28-20)19-14(23)5-3-6-15(19)24/h3,5-11,17H,2,4H2,1H3,(H2,25,26,27,28,30)/t17-/m1/s1. The molecule has 2 aromatic carbocycles. The summed E-state index contributed by atoms with van der Waals surface area (Å²) in [4.78, 5) is 16.4. The van der Waals surface area contributed by atoms with Gasteiger partial charge in [0, 0.05) is 27.7 Å². The van der Waals surface area contributed by atoms with Crippen molar-refractivity contribution in [3.8, 4) is 0 Å². The van der Waals surface area contributed by atoms with Crippen molar-refractivity contribution in [1.82, 2.24) is 14.8 Å². The maximum atomic E-state index is 14.7. The number of nitrogens with zero attached hydrogens (tertiary/aromatic N) is 3. The van der Waals surface area contributed by atoms with Crippen molar-refractivity contribution in [2.45, 2.75) is 25.8 Å². The van der Waals surface area contributed by atoms with Crippen LogP contribution in [0.25, 0.3) is 5.70 Å². The Bertz CT molecular complexity index is 1110. The normalized spacial score (nSPS) is 15.2. The summed E-state index contributed by atoms with van der Waals surface area (Å²) < 4.78 is 16.3. The number of benzene rings is 2. The fraction of sp³-hybridized carbons (Fsp3) is 0.190. The van der Waals surface area contributed by atoms with Gasteiger partial charge < -0.3 is 5.32 Å². The van der Waals surface area contributed by atoms with E-state index in [-0.39, 0.29) is 22.4 Å². The van der Waals surface area contributed by atoms with Gasteiger partial charge in [-0.15, -0.1) is 5.10 Å². The molecule has 1 aliphatic rings. The molecule has 6 nitrogen and oxygen atoms in total. The third kappa shape index (κ3) is 4.04. The first-order valence-electron chi connectivity index (χ1n) is 9.41. The van der Waals surface area contributed by atoms with E-state index in [1.165, 1.54) is 10.7 Å². The van der Waals surface area contributed by atoms with Gasteiger partial charge in [0.05, 0.1) is 0 Å². The Hall–Kier alpha value is -2.90. The number of aromatic nitrogens is 3. The molecule has 2 heterocycles. The Morgan fingerprint density at radius 2 is 2.00 bits per heavy atom. The van der Waals surface area contributed by atoms with E-state index in [1.807, 2.05) is 25.1 Å². The average molecular weight is 446 g/mol. The van der Waals surface area contributed by atoms with Gasteiger partial charge >= 0.3 is 0 Å². The van der Waals surface area contributed by atoms with Crippen LogP contribution in [0, 0.1) is 5.82 Å². The lowest BCUT2D eigenvalue weighted by molar-refractivity contribution is -0.116. The highest BCUT2D eigenvalue weighted by Crippen LogP contribution is 2.37. The number of anilines is 2. The third-order valence-electron chi connectivity index (χ3n) is 4.64. The van der Waals surface area contributed by atoms with Crippen LogP contribution < -0.4 is 10.6 Å². The SMILES string of the molecule is CCCC(=O)Nc1nc2n(n1)[C@@H](c1c(F)cccc1Cl)C=C(c1ccc(Cl)cc1)N2.